The second-order valence-corrected chi connectivity index (χ2v) is 6.36. The zero-order chi connectivity index (χ0) is 18.7. The third kappa shape index (κ3) is 3.61. The van der Waals surface area contributed by atoms with Crippen LogP contribution in [0.15, 0.2) is 9.98 Å². The van der Waals surface area contributed by atoms with Gasteiger partial charge in [0.05, 0.1) is 18.5 Å². The van der Waals surface area contributed by atoms with Gasteiger partial charge in [0.15, 0.2) is 11.8 Å². The summed E-state index contributed by atoms with van der Waals surface area (Å²) in [5.41, 5.74) is 8.62. The van der Waals surface area contributed by atoms with Gasteiger partial charge in [-0.25, -0.2) is 14.5 Å². The Morgan fingerprint density at radius 3 is 2.62 bits per heavy atom. The van der Waals surface area contributed by atoms with E-state index in [9.17, 15) is 0 Å². The second kappa shape index (κ2) is 7.67. The predicted molar refractivity (Wildman–Crippen MR) is 101 cm³/mol. The summed E-state index contributed by atoms with van der Waals surface area (Å²) in [6, 6.07) is 0. The Balaban J connectivity index is 1.77. The standard InChI is InChI=1S/C17H26N8O/c1-11-12(2)25-15(20-11)16(26-4)21-14(23-25)8-7-13(19-3)22-17(18)24-9-5-6-10-24/h5-10H2,1-4H3,(H2,18,19,22). The first-order valence-electron chi connectivity index (χ1n) is 8.85. The molecule has 3 rings (SSSR count). The number of nitrogens with two attached hydrogens (primary N) is 1. The summed E-state index contributed by atoms with van der Waals surface area (Å²) in [5.74, 6) is 2.36. The molecule has 2 aromatic heterocycles. The molecular weight excluding hydrogens is 332 g/mol. The number of aliphatic imine (C=N–C) groups is 2. The number of imidazole rings is 1. The third-order valence-corrected chi connectivity index (χ3v) is 4.65. The molecule has 0 aliphatic carbocycles. The van der Waals surface area contributed by atoms with Gasteiger partial charge in [0, 0.05) is 33.0 Å². The monoisotopic (exact) mass is 358 g/mol. The molecule has 1 aliphatic rings. The van der Waals surface area contributed by atoms with Crippen molar-refractivity contribution in [3.05, 3.63) is 17.2 Å². The molecule has 2 aromatic rings. The largest absolute Gasteiger partial charge is 0.478 e. The molecule has 0 unspecified atom stereocenters. The number of methoxy groups -OCH3 is 1. The first kappa shape index (κ1) is 18.1. The quantitative estimate of drug-likeness (QED) is 0.648. The fraction of sp³-hybridized carbons (Fsp3) is 0.588. The van der Waals surface area contributed by atoms with Gasteiger partial charge in [0.2, 0.25) is 5.65 Å². The van der Waals surface area contributed by atoms with E-state index >= 15 is 0 Å². The van der Waals surface area contributed by atoms with E-state index in [-0.39, 0.29) is 0 Å². The lowest BCUT2D eigenvalue weighted by Crippen LogP contribution is -2.35. The molecule has 0 radical (unpaired) electrons. The summed E-state index contributed by atoms with van der Waals surface area (Å²) in [6.45, 7) is 5.84. The van der Waals surface area contributed by atoms with Crippen molar-refractivity contribution in [1.29, 1.82) is 0 Å². The number of hydrogen-bond acceptors (Lipinski definition) is 5. The molecule has 26 heavy (non-hydrogen) atoms. The van der Waals surface area contributed by atoms with Gasteiger partial charge in [-0.15, -0.1) is 0 Å². The predicted octanol–water partition coefficient (Wildman–Crippen LogP) is 1.12. The van der Waals surface area contributed by atoms with Gasteiger partial charge in [-0.2, -0.15) is 10.1 Å². The van der Waals surface area contributed by atoms with E-state index < -0.39 is 0 Å². The number of guanidine groups is 1. The van der Waals surface area contributed by atoms with Gasteiger partial charge in [0.1, 0.15) is 5.84 Å². The van der Waals surface area contributed by atoms with E-state index in [0.717, 1.165) is 37.3 Å². The van der Waals surface area contributed by atoms with E-state index in [4.69, 9.17) is 10.5 Å². The van der Waals surface area contributed by atoms with Crippen LogP contribution in [0.1, 0.15) is 36.5 Å². The molecule has 1 saturated heterocycles. The zero-order valence-electron chi connectivity index (χ0n) is 15.9. The number of aryl methyl sites for hydroxylation is 3. The zero-order valence-corrected chi connectivity index (χ0v) is 15.9. The third-order valence-electron chi connectivity index (χ3n) is 4.65. The van der Waals surface area contributed by atoms with Crippen LogP contribution in [0.25, 0.3) is 5.65 Å². The van der Waals surface area contributed by atoms with Crippen molar-refractivity contribution >= 4 is 17.4 Å². The first-order chi connectivity index (χ1) is 12.5. The van der Waals surface area contributed by atoms with Crippen molar-refractivity contribution in [3.8, 4) is 5.88 Å². The van der Waals surface area contributed by atoms with E-state index in [2.05, 4.69) is 30.0 Å². The molecular formula is C17H26N8O. The Morgan fingerprint density at radius 1 is 1.23 bits per heavy atom. The molecule has 0 atom stereocenters. The Kier molecular flexibility index (Phi) is 5.34. The molecule has 0 bridgehead atoms. The van der Waals surface area contributed by atoms with Crippen LogP contribution in [0.5, 0.6) is 5.88 Å². The maximum Gasteiger partial charge on any atom is 0.261 e. The minimum absolute atomic E-state index is 0.473. The van der Waals surface area contributed by atoms with Crippen LogP contribution >= 0.6 is 0 Å². The minimum atomic E-state index is 0.473. The summed E-state index contributed by atoms with van der Waals surface area (Å²) in [5, 5.41) is 4.58. The van der Waals surface area contributed by atoms with Gasteiger partial charge < -0.3 is 15.4 Å². The average Bonchev–Trinajstić information content (AvgIpc) is 3.27. The smallest absolute Gasteiger partial charge is 0.261 e. The number of aromatic nitrogens is 4. The van der Waals surface area contributed by atoms with Crippen molar-refractivity contribution in [2.75, 3.05) is 27.2 Å². The molecule has 0 saturated carbocycles. The lowest BCUT2D eigenvalue weighted by Gasteiger charge is -2.16. The Labute approximate surface area is 153 Å². The molecule has 0 aromatic carbocycles. The second-order valence-electron chi connectivity index (χ2n) is 6.36. The average molecular weight is 358 g/mol. The van der Waals surface area contributed by atoms with Crippen LogP contribution < -0.4 is 10.5 Å². The lowest BCUT2D eigenvalue weighted by molar-refractivity contribution is 0.395. The topological polar surface area (TPSA) is 106 Å². The normalized spacial score (nSPS) is 15.9. The van der Waals surface area contributed by atoms with Crippen molar-refractivity contribution in [3.63, 3.8) is 0 Å². The molecule has 0 amide bonds. The fourth-order valence-electron chi connectivity index (χ4n) is 3.00. The van der Waals surface area contributed by atoms with Gasteiger partial charge in [-0.1, -0.05) is 0 Å². The van der Waals surface area contributed by atoms with E-state index in [1.807, 2.05) is 13.8 Å². The highest BCUT2D eigenvalue weighted by atomic mass is 16.5. The molecule has 9 heteroatoms. The van der Waals surface area contributed by atoms with E-state index in [1.54, 1.807) is 18.7 Å². The summed E-state index contributed by atoms with van der Waals surface area (Å²) >= 11 is 0. The number of ether oxygens (including phenoxy) is 1. The SMILES string of the molecule is CN=C(CCc1nc(OC)c2nc(C)c(C)n2n1)N=C(N)N1CCCC1. The van der Waals surface area contributed by atoms with Crippen molar-refractivity contribution in [2.24, 2.45) is 15.7 Å². The molecule has 3 heterocycles. The Hall–Kier alpha value is -2.71. The number of nitrogens with zero attached hydrogens (tertiary/aromatic N) is 7. The van der Waals surface area contributed by atoms with Crippen molar-refractivity contribution in [2.45, 2.75) is 39.5 Å². The van der Waals surface area contributed by atoms with Crippen molar-refractivity contribution in [1.82, 2.24) is 24.5 Å². The highest BCUT2D eigenvalue weighted by molar-refractivity contribution is 5.95. The van der Waals surface area contributed by atoms with E-state index in [1.165, 1.54) is 0 Å². The Bertz CT molecular complexity index is 848. The molecule has 140 valence electrons. The number of fused-ring (bicyclic) bond motifs is 1. The molecule has 9 nitrogen and oxygen atoms in total. The highest BCUT2D eigenvalue weighted by Crippen LogP contribution is 2.19. The van der Waals surface area contributed by atoms with Gasteiger partial charge >= 0.3 is 0 Å². The number of amidine groups is 1. The highest BCUT2D eigenvalue weighted by Gasteiger charge is 2.16. The van der Waals surface area contributed by atoms with Gasteiger partial charge in [-0.05, 0) is 26.7 Å². The lowest BCUT2D eigenvalue weighted by atomic mass is 10.3. The molecule has 1 fully saturated rings. The van der Waals surface area contributed by atoms with Crippen LogP contribution in [0.3, 0.4) is 0 Å². The summed E-state index contributed by atoms with van der Waals surface area (Å²) in [6.07, 6.45) is 3.51. The number of hydrogen-bond donors (Lipinski definition) is 1. The summed E-state index contributed by atoms with van der Waals surface area (Å²) in [4.78, 5) is 19.8. The molecule has 1 aliphatic heterocycles. The van der Waals surface area contributed by atoms with Gasteiger partial charge in [-0.3, -0.25) is 4.99 Å². The summed E-state index contributed by atoms with van der Waals surface area (Å²) < 4.78 is 7.16. The molecule has 2 N–H and O–H groups in total. The van der Waals surface area contributed by atoms with Crippen molar-refractivity contribution < 1.29 is 4.74 Å². The first-order valence-corrected chi connectivity index (χ1v) is 8.85. The van der Waals surface area contributed by atoms with Gasteiger partial charge in [0.25, 0.3) is 5.88 Å². The minimum Gasteiger partial charge on any atom is -0.478 e. The maximum absolute atomic E-state index is 6.10. The van der Waals surface area contributed by atoms with Crippen LogP contribution in [0.4, 0.5) is 0 Å². The van der Waals surface area contributed by atoms with E-state index in [0.29, 0.717) is 42.0 Å². The van der Waals surface area contributed by atoms with Crippen LogP contribution in [0, 0.1) is 13.8 Å². The van der Waals surface area contributed by atoms with Crippen LogP contribution in [0.2, 0.25) is 0 Å². The Morgan fingerprint density at radius 2 is 1.96 bits per heavy atom. The number of rotatable bonds is 4. The fourth-order valence-corrected chi connectivity index (χ4v) is 3.00. The number of likely N-dealkylation sites (tertiary alicyclic amines) is 1. The molecule has 0 spiro atoms. The maximum atomic E-state index is 6.10. The van der Waals surface area contributed by atoms with Crippen LogP contribution in [-0.4, -0.2) is 63.5 Å². The van der Waals surface area contributed by atoms with Crippen LogP contribution in [-0.2, 0) is 6.42 Å². The summed E-state index contributed by atoms with van der Waals surface area (Å²) in [7, 11) is 3.32.